The van der Waals surface area contributed by atoms with E-state index in [4.69, 9.17) is 0 Å². The number of thiophene rings is 1. The van der Waals surface area contributed by atoms with Gasteiger partial charge in [-0.1, -0.05) is 18.2 Å². The normalized spacial score (nSPS) is 17.8. The van der Waals surface area contributed by atoms with Gasteiger partial charge in [-0.2, -0.15) is 11.3 Å². The van der Waals surface area contributed by atoms with Crippen molar-refractivity contribution in [2.75, 3.05) is 6.54 Å². The number of likely N-dealkylation sites (tertiary alicyclic amines) is 1. The second-order valence-electron chi connectivity index (χ2n) is 6.30. The van der Waals surface area contributed by atoms with E-state index >= 15 is 0 Å². The summed E-state index contributed by atoms with van der Waals surface area (Å²) in [6.07, 6.45) is 2.15. The number of carbonyl (C=O) groups excluding carboxylic acids is 1. The minimum absolute atomic E-state index is 0.208. The summed E-state index contributed by atoms with van der Waals surface area (Å²) >= 11 is 5.38. The molecule has 0 spiro atoms. The smallest absolute Gasteiger partial charge is 0.243 e. The molecule has 1 aliphatic heterocycles. The summed E-state index contributed by atoms with van der Waals surface area (Å²) in [5.74, 6) is 0.208. The third-order valence-electron chi connectivity index (χ3n) is 4.95. The van der Waals surface area contributed by atoms with Gasteiger partial charge in [-0.05, 0) is 64.2 Å². The van der Waals surface area contributed by atoms with Crippen molar-refractivity contribution in [2.24, 2.45) is 0 Å². The lowest BCUT2D eigenvalue weighted by Gasteiger charge is -2.25. The Bertz CT molecular complexity index is 884. The van der Waals surface area contributed by atoms with Gasteiger partial charge in [0.15, 0.2) is 0 Å². The van der Waals surface area contributed by atoms with Crippen molar-refractivity contribution in [3.63, 3.8) is 0 Å². The van der Waals surface area contributed by atoms with Gasteiger partial charge >= 0.3 is 0 Å². The van der Waals surface area contributed by atoms with Crippen LogP contribution < -0.4 is 0 Å². The van der Waals surface area contributed by atoms with Crippen LogP contribution >= 0.6 is 27.3 Å². The molecular formula is C19H19BrN2OS. The molecule has 0 unspecified atom stereocenters. The van der Waals surface area contributed by atoms with E-state index in [0.29, 0.717) is 6.54 Å². The second kappa shape index (κ2) is 6.37. The molecule has 4 rings (SSSR count). The molecule has 124 valence electrons. The van der Waals surface area contributed by atoms with Crippen LogP contribution in [0.25, 0.3) is 10.9 Å². The van der Waals surface area contributed by atoms with Gasteiger partial charge in [0, 0.05) is 27.6 Å². The number of halogens is 1. The first-order valence-electron chi connectivity index (χ1n) is 8.21. The largest absolute Gasteiger partial charge is 0.334 e. The predicted octanol–water partition coefficient (Wildman–Crippen LogP) is 5.14. The zero-order chi connectivity index (χ0) is 16.7. The summed E-state index contributed by atoms with van der Waals surface area (Å²) < 4.78 is 3.21. The standard InChI is InChI=1S/C19H19BrN2OS/c1-13-19(20)15-5-2-3-6-17(15)22(13)11-18(23)21-9-4-7-16(21)14-8-10-24-12-14/h2-3,5-6,8,10,12,16H,4,7,9,11H2,1H3/t16-/m1/s1. The van der Waals surface area contributed by atoms with E-state index < -0.39 is 0 Å². The number of hydrogen-bond donors (Lipinski definition) is 0. The lowest BCUT2D eigenvalue weighted by Crippen LogP contribution is -2.33. The van der Waals surface area contributed by atoms with Gasteiger partial charge in [0.1, 0.15) is 6.54 Å². The Morgan fingerprint density at radius 3 is 2.96 bits per heavy atom. The van der Waals surface area contributed by atoms with Crippen LogP contribution in [0, 0.1) is 6.92 Å². The van der Waals surface area contributed by atoms with Crippen LogP contribution in [0.5, 0.6) is 0 Å². The van der Waals surface area contributed by atoms with E-state index in [-0.39, 0.29) is 11.9 Å². The number of nitrogens with zero attached hydrogens (tertiary/aromatic N) is 2. The molecule has 3 aromatic rings. The van der Waals surface area contributed by atoms with Crippen molar-refractivity contribution in [3.05, 3.63) is 56.8 Å². The number of aromatic nitrogens is 1. The highest BCUT2D eigenvalue weighted by atomic mass is 79.9. The van der Waals surface area contributed by atoms with E-state index in [9.17, 15) is 4.79 Å². The molecule has 24 heavy (non-hydrogen) atoms. The first kappa shape index (κ1) is 15.9. The summed E-state index contributed by atoms with van der Waals surface area (Å²) in [5.41, 5.74) is 3.50. The Balaban J connectivity index is 1.64. The Hall–Kier alpha value is -1.59. The molecule has 1 amide bonds. The number of para-hydroxylation sites is 1. The maximum atomic E-state index is 13.0. The Labute approximate surface area is 154 Å². The molecule has 1 fully saturated rings. The molecule has 5 heteroatoms. The Kier molecular flexibility index (Phi) is 4.22. The number of fused-ring (bicyclic) bond motifs is 1. The maximum Gasteiger partial charge on any atom is 0.243 e. The van der Waals surface area contributed by atoms with Gasteiger partial charge in [-0.15, -0.1) is 0 Å². The van der Waals surface area contributed by atoms with Gasteiger partial charge < -0.3 is 9.47 Å². The fourth-order valence-corrected chi connectivity index (χ4v) is 4.95. The Morgan fingerprint density at radius 1 is 1.33 bits per heavy atom. The molecular weight excluding hydrogens is 384 g/mol. The summed E-state index contributed by atoms with van der Waals surface area (Å²) in [5, 5.41) is 5.43. The average molecular weight is 403 g/mol. The first-order valence-corrected chi connectivity index (χ1v) is 9.95. The molecule has 0 radical (unpaired) electrons. The van der Waals surface area contributed by atoms with Crippen LogP contribution in [-0.2, 0) is 11.3 Å². The molecule has 3 nitrogen and oxygen atoms in total. The van der Waals surface area contributed by atoms with E-state index in [1.54, 1.807) is 11.3 Å². The molecule has 0 N–H and O–H groups in total. The topological polar surface area (TPSA) is 25.2 Å². The molecule has 1 atom stereocenters. The van der Waals surface area contributed by atoms with Gasteiger partial charge in [0.05, 0.1) is 6.04 Å². The zero-order valence-corrected chi connectivity index (χ0v) is 15.9. The first-order chi connectivity index (χ1) is 11.7. The van der Waals surface area contributed by atoms with E-state index in [1.165, 1.54) is 10.9 Å². The van der Waals surface area contributed by atoms with Crippen LogP contribution in [0.15, 0.2) is 45.6 Å². The fraction of sp³-hybridized carbons (Fsp3) is 0.316. The predicted molar refractivity (Wildman–Crippen MR) is 102 cm³/mol. The van der Waals surface area contributed by atoms with Crippen molar-refractivity contribution >= 4 is 44.1 Å². The van der Waals surface area contributed by atoms with Gasteiger partial charge in [-0.25, -0.2) is 0 Å². The average Bonchev–Trinajstić information content (AvgIpc) is 3.31. The highest BCUT2D eigenvalue weighted by Gasteiger charge is 2.30. The fourth-order valence-electron chi connectivity index (χ4n) is 3.69. The van der Waals surface area contributed by atoms with Gasteiger partial charge in [0.2, 0.25) is 5.91 Å². The summed E-state index contributed by atoms with van der Waals surface area (Å²) in [6.45, 7) is 3.33. The lowest BCUT2D eigenvalue weighted by molar-refractivity contribution is -0.132. The monoisotopic (exact) mass is 402 g/mol. The van der Waals surface area contributed by atoms with Crippen molar-refractivity contribution in [2.45, 2.75) is 32.4 Å². The van der Waals surface area contributed by atoms with Crippen LogP contribution in [0.3, 0.4) is 0 Å². The molecule has 0 aliphatic carbocycles. The van der Waals surface area contributed by atoms with Gasteiger partial charge in [-0.3, -0.25) is 4.79 Å². The number of rotatable bonds is 3. The Morgan fingerprint density at radius 2 is 2.17 bits per heavy atom. The van der Waals surface area contributed by atoms with Crippen LogP contribution in [0.2, 0.25) is 0 Å². The number of carbonyl (C=O) groups is 1. The SMILES string of the molecule is Cc1c(Br)c2ccccc2n1CC(=O)N1CCC[C@@H]1c1ccsc1. The van der Waals surface area contributed by atoms with E-state index in [0.717, 1.165) is 35.1 Å². The van der Waals surface area contributed by atoms with Crippen molar-refractivity contribution in [1.82, 2.24) is 9.47 Å². The van der Waals surface area contributed by atoms with Crippen molar-refractivity contribution < 1.29 is 4.79 Å². The quantitative estimate of drug-likeness (QED) is 0.595. The highest BCUT2D eigenvalue weighted by Crippen LogP contribution is 2.34. The summed E-state index contributed by atoms with van der Waals surface area (Å²) in [7, 11) is 0. The second-order valence-corrected chi connectivity index (χ2v) is 7.88. The third kappa shape index (κ3) is 2.60. The molecule has 1 saturated heterocycles. The zero-order valence-electron chi connectivity index (χ0n) is 13.5. The van der Waals surface area contributed by atoms with Crippen molar-refractivity contribution in [3.8, 4) is 0 Å². The summed E-state index contributed by atoms with van der Waals surface area (Å²) in [6, 6.07) is 10.6. The highest BCUT2D eigenvalue weighted by molar-refractivity contribution is 9.10. The van der Waals surface area contributed by atoms with Crippen molar-refractivity contribution in [1.29, 1.82) is 0 Å². The maximum absolute atomic E-state index is 13.0. The molecule has 1 aliphatic rings. The van der Waals surface area contributed by atoms with Crippen LogP contribution in [0.4, 0.5) is 0 Å². The molecule has 1 aromatic carbocycles. The molecule has 0 saturated carbocycles. The van der Waals surface area contributed by atoms with E-state index in [1.807, 2.05) is 12.1 Å². The summed E-state index contributed by atoms with van der Waals surface area (Å²) in [4.78, 5) is 15.1. The molecule has 3 heterocycles. The number of hydrogen-bond acceptors (Lipinski definition) is 2. The van der Waals surface area contributed by atoms with Gasteiger partial charge in [0.25, 0.3) is 0 Å². The third-order valence-corrected chi connectivity index (χ3v) is 6.65. The van der Waals surface area contributed by atoms with Crippen LogP contribution in [-0.4, -0.2) is 21.9 Å². The minimum atomic E-state index is 0.208. The molecule has 2 aromatic heterocycles. The number of amides is 1. The minimum Gasteiger partial charge on any atom is -0.334 e. The molecule has 0 bridgehead atoms. The van der Waals surface area contributed by atoms with Crippen LogP contribution in [0.1, 0.15) is 30.1 Å². The van der Waals surface area contributed by atoms with E-state index in [2.05, 4.69) is 61.3 Å². The lowest BCUT2D eigenvalue weighted by atomic mass is 10.1. The number of benzene rings is 1.